The van der Waals surface area contributed by atoms with Gasteiger partial charge >= 0.3 is 6.18 Å². The SMILES string of the molecule is CC(CC(N)=NO)NC(=O)CC(F)(F)F. The number of nitrogens with one attached hydrogen (secondary N) is 1. The summed E-state index contributed by atoms with van der Waals surface area (Å²) in [7, 11) is 0. The van der Waals surface area contributed by atoms with Crippen LogP contribution in [0.1, 0.15) is 19.8 Å². The zero-order chi connectivity index (χ0) is 12.1. The minimum absolute atomic E-state index is 0.0138. The minimum Gasteiger partial charge on any atom is -0.409 e. The summed E-state index contributed by atoms with van der Waals surface area (Å²) in [6.45, 7) is 1.45. The van der Waals surface area contributed by atoms with Gasteiger partial charge in [0.05, 0.1) is 0 Å². The number of alkyl halides is 3. The summed E-state index contributed by atoms with van der Waals surface area (Å²) in [5.41, 5.74) is 5.10. The first kappa shape index (κ1) is 13.5. The average molecular weight is 227 g/mol. The van der Waals surface area contributed by atoms with Crippen molar-refractivity contribution in [1.29, 1.82) is 0 Å². The number of carbonyl (C=O) groups excluding carboxylic acids is 1. The zero-order valence-corrected chi connectivity index (χ0v) is 8.01. The summed E-state index contributed by atoms with van der Waals surface area (Å²) in [4.78, 5) is 10.8. The number of amidine groups is 1. The second kappa shape index (κ2) is 5.42. The van der Waals surface area contributed by atoms with Gasteiger partial charge in [-0.1, -0.05) is 5.16 Å². The summed E-state index contributed by atoms with van der Waals surface area (Å²) in [5, 5.41) is 12.9. The molecule has 0 saturated heterocycles. The van der Waals surface area contributed by atoms with Crippen LogP contribution in [0.3, 0.4) is 0 Å². The van der Waals surface area contributed by atoms with E-state index in [0.717, 1.165) is 0 Å². The van der Waals surface area contributed by atoms with Crippen molar-refractivity contribution in [1.82, 2.24) is 5.32 Å². The van der Waals surface area contributed by atoms with E-state index in [9.17, 15) is 18.0 Å². The maximum absolute atomic E-state index is 11.7. The van der Waals surface area contributed by atoms with Crippen molar-refractivity contribution in [2.24, 2.45) is 10.9 Å². The lowest BCUT2D eigenvalue weighted by atomic mass is 10.2. The number of nitrogens with two attached hydrogens (primary N) is 1. The normalized spacial score (nSPS) is 14.8. The van der Waals surface area contributed by atoms with E-state index >= 15 is 0 Å². The third-order valence-electron chi connectivity index (χ3n) is 1.41. The van der Waals surface area contributed by atoms with Gasteiger partial charge in [-0.3, -0.25) is 4.79 Å². The van der Waals surface area contributed by atoms with Gasteiger partial charge in [0.1, 0.15) is 12.3 Å². The molecule has 0 aromatic rings. The number of hydrogen-bond donors (Lipinski definition) is 3. The summed E-state index contributed by atoms with van der Waals surface area (Å²) >= 11 is 0. The minimum atomic E-state index is -4.53. The number of oxime groups is 1. The fraction of sp³-hybridized carbons (Fsp3) is 0.714. The second-order valence-corrected chi connectivity index (χ2v) is 3.06. The molecule has 8 heteroatoms. The van der Waals surface area contributed by atoms with Crippen LogP contribution in [-0.2, 0) is 4.79 Å². The highest BCUT2D eigenvalue weighted by atomic mass is 19.4. The number of hydrogen-bond acceptors (Lipinski definition) is 3. The van der Waals surface area contributed by atoms with Gasteiger partial charge in [-0.15, -0.1) is 0 Å². The average Bonchev–Trinajstić information content (AvgIpc) is 1.99. The van der Waals surface area contributed by atoms with Crippen molar-refractivity contribution in [3.8, 4) is 0 Å². The van der Waals surface area contributed by atoms with E-state index in [1.54, 1.807) is 0 Å². The standard InChI is InChI=1S/C7H12F3N3O2/c1-4(2-5(11)13-15)12-6(14)3-7(8,9)10/h4,15H,2-3H2,1H3,(H2,11,13)(H,12,14). The molecule has 0 aliphatic carbocycles. The van der Waals surface area contributed by atoms with E-state index in [2.05, 4.69) is 10.5 Å². The number of amides is 1. The highest BCUT2D eigenvalue weighted by Crippen LogP contribution is 2.18. The first-order valence-corrected chi connectivity index (χ1v) is 4.07. The Balaban J connectivity index is 3.97. The Morgan fingerprint density at radius 2 is 2.13 bits per heavy atom. The predicted molar refractivity (Wildman–Crippen MR) is 46.3 cm³/mol. The van der Waals surface area contributed by atoms with Crippen LogP contribution < -0.4 is 11.1 Å². The lowest BCUT2D eigenvalue weighted by molar-refractivity contribution is -0.154. The first-order valence-electron chi connectivity index (χ1n) is 4.07. The van der Waals surface area contributed by atoms with Gasteiger partial charge in [0.15, 0.2) is 0 Å². The molecule has 1 atom stereocenters. The van der Waals surface area contributed by atoms with Crippen LogP contribution in [0.2, 0.25) is 0 Å². The molecule has 0 aromatic carbocycles. The molecule has 88 valence electrons. The summed E-state index contributed by atoms with van der Waals surface area (Å²) in [6, 6.07) is -0.615. The Morgan fingerprint density at radius 3 is 2.53 bits per heavy atom. The number of carbonyl (C=O) groups is 1. The Bertz CT molecular complexity index is 252. The fourth-order valence-corrected chi connectivity index (χ4v) is 0.913. The van der Waals surface area contributed by atoms with Crippen molar-refractivity contribution in [3.05, 3.63) is 0 Å². The lowest BCUT2D eigenvalue weighted by Crippen LogP contribution is -2.37. The molecule has 0 saturated carbocycles. The van der Waals surface area contributed by atoms with Gasteiger partial charge < -0.3 is 16.3 Å². The van der Waals surface area contributed by atoms with Gasteiger partial charge in [0.25, 0.3) is 0 Å². The molecule has 0 spiro atoms. The molecular formula is C7H12F3N3O2. The van der Waals surface area contributed by atoms with Crippen LogP contribution in [-0.4, -0.2) is 29.2 Å². The Kier molecular flexibility index (Phi) is 4.89. The van der Waals surface area contributed by atoms with Gasteiger partial charge in [-0.2, -0.15) is 13.2 Å². The molecule has 0 radical (unpaired) electrons. The summed E-state index contributed by atoms with van der Waals surface area (Å²) in [6.07, 6.45) is -6.08. The zero-order valence-electron chi connectivity index (χ0n) is 8.01. The van der Waals surface area contributed by atoms with Gasteiger partial charge in [-0.25, -0.2) is 0 Å². The third kappa shape index (κ3) is 7.59. The molecular weight excluding hydrogens is 215 g/mol. The van der Waals surface area contributed by atoms with Crippen molar-refractivity contribution >= 4 is 11.7 Å². The number of halogens is 3. The van der Waals surface area contributed by atoms with Crippen molar-refractivity contribution in [2.45, 2.75) is 32.0 Å². The molecule has 5 nitrogen and oxygen atoms in total. The molecule has 0 aromatic heterocycles. The first-order chi connectivity index (χ1) is 6.74. The molecule has 1 amide bonds. The van der Waals surface area contributed by atoms with E-state index in [1.165, 1.54) is 6.92 Å². The number of rotatable bonds is 4. The second-order valence-electron chi connectivity index (χ2n) is 3.06. The van der Waals surface area contributed by atoms with Crippen LogP contribution >= 0.6 is 0 Å². The quantitative estimate of drug-likeness (QED) is 0.284. The molecule has 0 heterocycles. The van der Waals surface area contributed by atoms with E-state index < -0.39 is 24.5 Å². The van der Waals surface area contributed by atoms with Crippen LogP contribution in [0.25, 0.3) is 0 Å². The summed E-state index contributed by atoms with van der Waals surface area (Å²) in [5.74, 6) is -1.30. The van der Waals surface area contributed by atoms with E-state index in [0.29, 0.717) is 0 Å². The third-order valence-corrected chi connectivity index (χ3v) is 1.41. The monoisotopic (exact) mass is 227 g/mol. The maximum Gasteiger partial charge on any atom is 0.397 e. The van der Waals surface area contributed by atoms with Crippen LogP contribution in [0.4, 0.5) is 13.2 Å². The highest BCUT2D eigenvalue weighted by Gasteiger charge is 2.31. The van der Waals surface area contributed by atoms with E-state index in [4.69, 9.17) is 10.9 Å². The Labute approximate surface area is 84.1 Å². The van der Waals surface area contributed by atoms with Crippen molar-refractivity contribution in [3.63, 3.8) is 0 Å². The fourth-order valence-electron chi connectivity index (χ4n) is 0.913. The molecule has 0 fully saturated rings. The van der Waals surface area contributed by atoms with Crippen LogP contribution in [0.15, 0.2) is 5.16 Å². The predicted octanol–water partition coefficient (Wildman–Crippen LogP) is 0.580. The Hall–Kier alpha value is -1.47. The molecule has 0 rings (SSSR count). The van der Waals surface area contributed by atoms with Crippen molar-refractivity contribution < 1.29 is 23.2 Å². The van der Waals surface area contributed by atoms with Gasteiger partial charge in [0, 0.05) is 12.5 Å². The highest BCUT2D eigenvalue weighted by molar-refractivity contribution is 5.82. The molecule has 0 aliphatic rings. The smallest absolute Gasteiger partial charge is 0.397 e. The van der Waals surface area contributed by atoms with Crippen molar-refractivity contribution in [2.75, 3.05) is 0 Å². The maximum atomic E-state index is 11.7. The van der Waals surface area contributed by atoms with Crippen LogP contribution in [0.5, 0.6) is 0 Å². The van der Waals surface area contributed by atoms with Crippen LogP contribution in [0, 0.1) is 0 Å². The van der Waals surface area contributed by atoms with E-state index in [1.807, 2.05) is 0 Å². The lowest BCUT2D eigenvalue weighted by Gasteiger charge is -2.13. The summed E-state index contributed by atoms with van der Waals surface area (Å²) < 4.78 is 35.2. The number of nitrogens with zero attached hydrogens (tertiary/aromatic N) is 1. The largest absolute Gasteiger partial charge is 0.409 e. The molecule has 0 aliphatic heterocycles. The van der Waals surface area contributed by atoms with Gasteiger partial charge in [0.2, 0.25) is 5.91 Å². The molecule has 15 heavy (non-hydrogen) atoms. The molecule has 4 N–H and O–H groups in total. The van der Waals surface area contributed by atoms with Gasteiger partial charge in [-0.05, 0) is 6.92 Å². The molecule has 1 unspecified atom stereocenters. The Morgan fingerprint density at radius 1 is 1.60 bits per heavy atom. The van der Waals surface area contributed by atoms with E-state index in [-0.39, 0.29) is 12.3 Å². The topological polar surface area (TPSA) is 87.7 Å². The molecule has 0 bridgehead atoms.